The van der Waals surface area contributed by atoms with E-state index in [9.17, 15) is 13.2 Å². The first-order chi connectivity index (χ1) is 10.0. The molecule has 0 saturated heterocycles. The van der Waals surface area contributed by atoms with Gasteiger partial charge in [0.2, 0.25) is 0 Å². The molecule has 0 spiro atoms. The monoisotopic (exact) mass is 311 g/mol. The third kappa shape index (κ3) is 3.30. The van der Waals surface area contributed by atoms with Crippen LogP contribution in [0.25, 0.3) is 0 Å². The molecule has 0 amide bonds. The SMILES string of the molecule is FC(F)(F)c1ccc(CNC2CCCc3sccc32)cc1. The number of nitrogens with one attached hydrogen (secondary N) is 1. The van der Waals surface area contributed by atoms with Crippen LogP contribution in [-0.4, -0.2) is 0 Å². The molecule has 1 nitrogen and oxygen atoms in total. The molecular weight excluding hydrogens is 295 g/mol. The van der Waals surface area contributed by atoms with E-state index in [4.69, 9.17) is 0 Å². The maximum atomic E-state index is 12.5. The Balaban J connectivity index is 1.64. The number of aryl methyl sites for hydroxylation is 1. The lowest BCUT2D eigenvalue weighted by atomic mass is 9.94. The van der Waals surface area contributed by atoms with E-state index in [0.717, 1.165) is 37.0 Å². The quantitative estimate of drug-likeness (QED) is 0.847. The molecule has 1 aromatic carbocycles. The first kappa shape index (κ1) is 14.6. The van der Waals surface area contributed by atoms with Gasteiger partial charge in [0.1, 0.15) is 0 Å². The van der Waals surface area contributed by atoms with Gasteiger partial charge in [-0.15, -0.1) is 11.3 Å². The van der Waals surface area contributed by atoms with Crippen LogP contribution < -0.4 is 5.32 Å². The zero-order valence-electron chi connectivity index (χ0n) is 11.4. The van der Waals surface area contributed by atoms with Crippen molar-refractivity contribution in [3.8, 4) is 0 Å². The Kier molecular flexibility index (Phi) is 4.04. The average Bonchev–Trinajstić information content (AvgIpc) is 2.93. The third-order valence-corrected chi connectivity index (χ3v) is 4.88. The summed E-state index contributed by atoms with van der Waals surface area (Å²) in [5, 5.41) is 5.58. The van der Waals surface area contributed by atoms with Crippen LogP contribution in [-0.2, 0) is 19.1 Å². The van der Waals surface area contributed by atoms with Gasteiger partial charge in [-0.3, -0.25) is 0 Å². The summed E-state index contributed by atoms with van der Waals surface area (Å²) in [6.45, 7) is 0.595. The maximum absolute atomic E-state index is 12.5. The molecule has 1 aliphatic carbocycles. The summed E-state index contributed by atoms with van der Waals surface area (Å²) >= 11 is 1.79. The smallest absolute Gasteiger partial charge is 0.306 e. The van der Waals surface area contributed by atoms with Crippen LogP contribution in [0, 0.1) is 0 Å². The second-order valence-electron chi connectivity index (χ2n) is 5.32. The predicted octanol–water partition coefficient (Wildman–Crippen LogP) is 4.93. The van der Waals surface area contributed by atoms with Crippen LogP contribution in [0.1, 0.15) is 40.5 Å². The largest absolute Gasteiger partial charge is 0.416 e. The van der Waals surface area contributed by atoms with Crippen molar-refractivity contribution in [3.63, 3.8) is 0 Å². The maximum Gasteiger partial charge on any atom is 0.416 e. The van der Waals surface area contributed by atoms with Crippen molar-refractivity contribution in [2.75, 3.05) is 0 Å². The molecule has 21 heavy (non-hydrogen) atoms. The molecule has 0 saturated carbocycles. The Morgan fingerprint density at radius 2 is 1.90 bits per heavy atom. The zero-order valence-corrected chi connectivity index (χ0v) is 12.2. The topological polar surface area (TPSA) is 12.0 Å². The van der Waals surface area contributed by atoms with Gasteiger partial charge in [0, 0.05) is 17.5 Å². The van der Waals surface area contributed by atoms with Crippen molar-refractivity contribution in [1.29, 1.82) is 0 Å². The lowest BCUT2D eigenvalue weighted by Gasteiger charge is -2.24. The second-order valence-corrected chi connectivity index (χ2v) is 6.32. The molecule has 112 valence electrons. The summed E-state index contributed by atoms with van der Waals surface area (Å²) in [4.78, 5) is 1.44. The van der Waals surface area contributed by atoms with Crippen LogP contribution in [0.3, 0.4) is 0 Å². The Labute approximate surface area is 125 Å². The van der Waals surface area contributed by atoms with Gasteiger partial charge in [-0.1, -0.05) is 12.1 Å². The van der Waals surface area contributed by atoms with Gasteiger partial charge in [-0.25, -0.2) is 0 Å². The minimum atomic E-state index is -4.26. The normalized spacial score (nSPS) is 18.5. The summed E-state index contributed by atoms with van der Waals surface area (Å²) in [7, 11) is 0. The predicted molar refractivity (Wildman–Crippen MR) is 78.3 cm³/mol. The summed E-state index contributed by atoms with van der Waals surface area (Å²) in [6, 6.07) is 7.87. The molecule has 1 heterocycles. The first-order valence-electron chi connectivity index (χ1n) is 7.00. The molecular formula is C16H16F3NS. The lowest BCUT2D eigenvalue weighted by Crippen LogP contribution is -2.23. The fourth-order valence-corrected chi connectivity index (χ4v) is 3.74. The third-order valence-electron chi connectivity index (χ3n) is 3.89. The summed E-state index contributed by atoms with van der Waals surface area (Å²) in [5.74, 6) is 0. The number of benzene rings is 1. The highest BCUT2D eigenvalue weighted by Gasteiger charge is 2.30. The molecule has 1 atom stereocenters. The number of hydrogen-bond acceptors (Lipinski definition) is 2. The van der Waals surface area contributed by atoms with Crippen molar-refractivity contribution in [1.82, 2.24) is 5.32 Å². The molecule has 2 aromatic rings. The van der Waals surface area contributed by atoms with Crippen LogP contribution in [0.2, 0.25) is 0 Å². The van der Waals surface area contributed by atoms with E-state index >= 15 is 0 Å². The Hall–Kier alpha value is -1.33. The summed E-state index contributed by atoms with van der Waals surface area (Å²) in [6.07, 6.45) is -0.866. The second kappa shape index (κ2) is 5.81. The molecule has 0 radical (unpaired) electrons. The van der Waals surface area contributed by atoms with Gasteiger partial charge >= 0.3 is 6.18 Å². The number of rotatable bonds is 3. The highest BCUT2D eigenvalue weighted by molar-refractivity contribution is 7.10. The molecule has 3 rings (SSSR count). The summed E-state index contributed by atoms with van der Waals surface area (Å²) < 4.78 is 37.5. The number of hydrogen-bond donors (Lipinski definition) is 1. The number of alkyl halides is 3. The minimum absolute atomic E-state index is 0.322. The van der Waals surface area contributed by atoms with E-state index in [1.807, 2.05) is 0 Å². The Bertz CT molecular complexity index is 601. The van der Waals surface area contributed by atoms with Crippen molar-refractivity contribution >= 4 is 11.3 Å². The average molecular weight is 311 g/mol. The van der Waals surface area contributed by atoms with E-state index in [-0.39, 0.29) is 0 Å². The fraction of sp³-hybridized carbons (Fsp3) is 0.375. The zero-order chi connectivity index (χ0) is 14.9. The van der Waals surface area contributed by atoms with E-state index in [1.54, 1.807) is 23.5 Å². The van der Waals surface area contributed by atoms with Gasteiger partial charge < -0.3 is 5.32 Å². The standard InChI is InChI=1S/C16H16F3NS/c17-16(18,19)12-6-4-11(5-7-12)10-20-14-2-1-3-15-13(14)8-9-21-15/h4-9,14,20H,1-3,10H2. The van der Waals surface area contributed by atoms with Crippen LogP contribution in [0.4, 0.5) is 13.2 Å². The molecule has 1 unspecified atom stereocenters. The van der Waals surface area contributed by atoms with Gasteiger partial charge in [0.25, 0.3) is 0 Å². The highest BCUT2D eigenvalue weighted by atomic mass is 32.1. The Morgan fingerprint density at radius 1 is 1.14 bits per heavy atom. The minimum Gasteiger partial charge on any atom is -0.306 e. The van der Waals surface area contributed by atoms with Gasteiger partial charge in [-0.05, 0) is 54.0 Å². The van der Waals surface area contributed by atoms with Crippen molar-refractivity contribution in [2.24, 2.45) is 0 Å². The number of fused-ring (bicyclic) bond motifs is 1. The van der Waals surface area contributed by atoms with Gasteiger partial charge in [0.15, 0.2) is 0 Å². The van der Waals surface area contributed by atoms with E-state index in [2.05, 4.69) is 16.8 Å². The molecule has 0 aliphatic heterocycles. The van der Waals surface area contributed by atoms with Crippen LogP contribution in [0.15, 0.2) is 35.7 Å². The molecule has 1 aromatic heterocycles. The Morgan fingerprint density at radius 3 is 2.62 bits per heavy atom. The van der Waals surface area contributed by atoms with Crippen LogP contribution >= 0.6 is 11.3 Å². The highest BCUT2D eigenvalue weighted by Crippen LogP contribution is 2.33. The van der Waals surface area contributed by atoms with Crippen LogP contribution in [0.5, 0.6) is 0 Å². The lowest BCUT2D eigenvalue weighted by molar-refractivity contribution is -0.137. The molecule has 5 heteroatoms. The number of halogens is 3. The van der Waals surface area contributed by atoms with E-state index < -0.39 is 11.7 Å². The van der Waals surface area contributed by atoms with Crippen molar-refractivity contribution in [2.45, 2.75) is 38.0 Å². The fourth-order valence-electron chi connectivity index (χ4n) is 2.75. The molecule has 1 aliphatic rings. The van der Waals surface area contributed by atoms with E-state index in [0.29, 0.717) is 12.6 Å². The summed E-state index contributed by atoms with van der Waals surface area (Å²) in [5.41, 5.74) is 1.65. The van der Waals surface area contributed by atoms with Crippen molar-refractivity contribution in [3.05, 3.63) is 57.3 Å². The molecule has 1 N–H and O–H groups in total. The van der Waals surface area contributed by atoms with Crippen molar-refractivity contribution < 1.29 is 13.2 Å². The van der Waals surface area contributed by atoms with E-state index in [1.165, 1.54) is 10.4 Å². The molecule has 0 bridgehead atoms. The van der Waals surface area contributed by atoms with Gasteiger partial charge in [0.05, 0.1) is 5.56 Å². The first-order valence-corrected chi connectivity index (χ1v) is 7.88. The van der Waals surface area contributed by atoms with Gasteiger partial charge in [-0.2, -0.15) is 13.2 Å². The molecule has 0 fully saturated rings. The number of thiophene rings is 1.